The number of fused-ring (bicyclic) bond motifs is 7. The topological polar surface area (TPSA) is 45.2 Å². The van der Waals surface area contributed by atoms with E-state index in [1.165, 1.54) is 5.57 Å². The summed E-state index contributed by atoms with van der Waals surface area (Å²) in [4.78, 5) is 16.9. The number of hydrogen-bond donors (Lipinski definition) is 0. The lowest BCUT2D eigenvalue weighted by Gasteiger charge is -2.71. The minimum Gasteiger partial charge on any atom is -0.307 e. The molecule has 0 aliphatic heterocycles. The number of allylic oxidation sites excluding steroid dienone is 3. The van der Waals surface area contributed by atoms with Gasteiger partial charge in [0, 0.05) is 5.41 Å². The van der Waals surface area contributed by atoms with Crippen molar-refractivity contribution >= 4 is 5.78 Å². The number of carbonyl (C=O) groups is 1. The van der Waals surface area contributed by atoms with Gasteiger partial charge in [0.15, 0.2) is 5.78 Å². The summed E-state index contributed by atoms with van der Waals surface area (Å²) < 4.78 is 0. The van der Waals surface area contributed by atoms with E-state index in [0.29, 0.717) is 29.4 Å². The first-order valence-electron chi connectivity index (χ1n) is 13.5. The molecule has 0 aromatic rings. The predicted molar refractivity (Wildman–Crippen MR) is 135 cm³/mol. The molecule has 34 heavy (non-hydrogen) atoms. The molecule has 4 fully saturated rings. The van der Waals surface area contributed by atoms with Crippen molar-refractivity contribution in [2.24, 2.45) is 56.7 Å². The summed E-state index contributed by atoms with van der Waals surface area (Å²) in [7, 11) is 0. The summed E-state index contributed by atoms with van der Waals surface area (Å²) in [5.74, 6) is 2.23. The molecule has 3 nitrogen and oxygen atoms in total. The lowest BCUT2D eigenvalue weighted by molar-refractivity contribution is -0.213. The van der Waals surface area contributed by atoms with E-state index in [-0.39, 0.29) is 33.4 Å². The Hall–Kier alpha value is -1.87. The van der Waals surface area contributed by atoms with Crippen LogP contribution < -0.4 is 0 Å². The van der Waals surface area contributed by atoms with Gasteiger partial charge in [-0.25, -0.2) is 4.85 Å². The van der Waals surface area contributed by atoms with Crippen molar-refractivity contribution in [2.75, 3.05) is 0 Å². The lowest BCUT2D eigenvalue weighted by Crippen LogP contribution is -2.65. The SMILES string of the molecule is [C-]#[N+]C1=C[C@]2(C)[C@H]3CC[C@@H]4[C@H]5[C@H](C(=C)C)CC[C@]5(C#N)CC[C@@]4(C)[C@]3(C)CC[C@H]2C(C)(C)C1=O. The van der Waals surface area contributed by atoms with Gasteiger partial charge >= 0.3 is 0 Å². The van der Waals surface area contributed by atoms with E-state index in [0.717, 1.165) is 51.4 Å². The molecule has 182 valence electrons. The number of rotatable bonds is 1. The molecule has 0 saturated heterocycles. The lowest BCUT2D eigenvalue weighted by atomic mass is 9.33. The molecule has 9 atom stereocenters. The molecule has 4 saturated carbocycles. The quantitative estimate of drug-likeness (QED) is 0.298. The molecule has 0 aromatic carbocycles. The molecule has 5 aliphatic rings. The molecular weight excluding hydrogens is 416 g/mol. The first kappa shape index (κ1) is 23.9. The van der Waals surface area contributed by atoms with Gasteiger partial charge in [-0.05, 0) is 104 Å². The van der Waals surface area contributed by atoms with Gasteiger partial charge in [-0.1, -0.05) is 52.8 Å². The van der Waals surface area contributed by atoms with Crippen LogP contribution in [0.15, 0.2) is 23.9 Å². The van der Waals surface area contributed by atoms with Gasteiger partial charge in [0.25, 0.3) is 0 Å². The Morgan fingerprint density at radius 2 is 1.74 bits per heavy atom. The first-order chi connectivity index (χ1) is 15.8. The normalized spacial score (nSPS) is 51.0. The molecule has 3 heteroatoms. The molecule has 0 radical (unpaired) electrons. The predicted octanol–water partition coefficient (Wildman–Crippen LogP) is 7.76. The summed E-state index contributed by atoms with van der Waals surface area (Å²) in [5.41, 5.74) is 1.16. The summed E-state index contributed by atoms with van der Waals surface area (Å²) in [5, 5.41) is 10.4. The number of nitriles is 1. The maximum Gasteiger partial charge on any atom is 0.226 e. The second-order valence-electron chi connectivity index (χ2n) is 14.0. The zero-order chi connectivity index (χ0) is 24.9. The largest absolute Gasteiger partial charge is 0.307 e. The van der Waals surface area contributed by atoms with Crippen LogP contribution in [0.4, 0.5) is 0 Å². The van der Waals surface area contributed by atoms with Crippen LogP contribution in [0.3, 0.4) is 0 Å². The Kier molecular flexibility index (Phi) is 4.97. The number of carbonyl (C=O) groups excluding carboxylic acids is 1. The van der Waals surface area contributed by atoms with Crippen molar-refractivity contribution in [2.45, 2.75) is 92.9 Å². The smallest absolute Gasteiger partial charge is 0.226 e. The number of Topliss-reactive ketones (excluding diaryl/α,β-unsaturated/α-hetero) is 1. The third-order valence-electron chi connectivity index (χ3n) is 12.7. The molecule has 0 unspecified atom stereocenters. The van der Waals surface area contributed by atoms with Crippen LogP contribution in [0.2, 0.25) is 0 Å². The third-order valence-corrected chi connectivity index (χ3v) is 12.7. The minimum absolute atomic E-state index is 0.0419. The maximum atomic E-state index is 13.2. The van der Waals surface area contributed by atoms with Crippen molar-refractivity contribution in [3.63, 3.8) is 0 Å². The Morgan fingerprint density at radius 3 is 2.35 bits per heavy atom. The maximum absolute atomic E-state index is 13.2. The molecule has 0 amide bonds. The van der Waals surface area contributed by atoms with Crippen molar-refractivity contribution in [1.29, 1.82) is 5.26 Å². The van der Waals surface area contributed by atoms with E-state index >= 15 is 0 Å². The van der Waals surface area contributed by atoms with Crippen LogP contribution in [0.1, 0.15) is 92.9 Å². The molecule has 0 spiro atoms. The Morgan fingerprint density at radius 1 is 1.03 bits per heavy atom. The number of nitrogens with zero attached hydrogens (tertiary/aromatic N) is 2. The average molecular weight is 459 g/mol. The summed E-state index contributed by atoms with van der Waals surface area (Å²) in [6, 6.07) is 2.86. The van der Waals surface area contributed by atoms with Gasteiger partial charge < -0.3 is 4.79 Å². The zero-order valence-corrected chi connectivity index (χ0v) is 22.1. The molecule has 0 aromatic heterocycles. The molecule has 0 bridgehead atoms. The van der Waals surface area contributed by atoms with Crippen molar-refractivity contribution in [1.82, 2.24) is 0 Å². The van der Waals surface area contributed by atoms with Crippen LogP contribution in [0.25, 0.3) is 4.85 Å². The Labute approximate surface area is 206 Å². The highest BCUT2D eigenvalue weighted by atomic mass is 16.1. The highest BCUT2D eigenvalue weighted by molar-refractivity contribution is 6.02. The summed E-state index contributed by atoms with van der Waals surface area (Å²) >= 11 is 0. The van der Waals surface area contributed by atoms with E-state index in [1.807, 2.05) is 0 Å². The van der Waals surface area contributed by atoms with Gasteiger partial charge in [-0.15, -0.1) is 0 Å². The molecule has 0 heterocycles. The Balaban J connectivity index is 1.62. The van der Waals surface area contributed by atoms with E-state index in [2.05, 4.69) is 65.1 Å². The van der Waals surface area contributed by atoms with Gasteiger partial charge in [-0.3, -0.25) is 0 Å². The second kappa shape index (κ2) is 7.09. The van der Waals surface area contributed by atoms with E-state index in [4.69, 9.17) is 6.57 Å². The highest BCUT2D eigenvalue weighted by Gasteiger charge is 2.70. The van der Waals surface area contributed by atoms with Crippen LogP contribution in [-0.4, -0.2) is 5.78 Å². The van der Waals surface area contributed by atoms with Crippen molar-refractivity contribution in [3.05, 3.63) is 35.3 Å². The molecular formula is C31H42N2O. The Bertz CT molecular complexity index is 1070. The van der Waals surface area contributed by atoms with E-state index < -0.39 is 5.41 Å². The van der Waals surface area contributed by atoms with Crippen LogP contribution in [0, 0.1) is 74.6 Å². The number of ketones is 1. The van der Waals surface area contributed by atoms with Gasteiger partial charge in [0.1, 0.15) is 0 Å². The molecule has 5 rings (SSSR count). The fourth-order valence-electron chi connectivity index (χ4n) is 10.9. The average Bonchev–Trinajstić information content (AvgIpc) is 3.17. The first-order valence-corrected chi connectivity index (χ1v) is 13.5. The van der Waals surface area contributed by atoms with Crippen LogP contribution >= 0.6 is 0 Å². The minimum atomic E-state index is -0.485. The highest BCUT2D eigenvalue weighted by Crippen LogP contribution is 2.76. The molecule has 0 N–H and O–H groups in total. The van der Waals surface area contributed by atoms with Gasteiger partial charge in [-0.2, -0.15) is 5.26 Å². The van der Waals surface area contributed by atoms with Crippen molar-refractivity contribution in [3.8, 4) is 6.07 Å². The summed E-state index contributed by atoms with van der Waals surface area (Å²) in [6.07, 6.45) is 10.9. The second-order valence-corrected chi connectivity index (χ2v) is 14.0. The fourth-order valence-corrected chi connectivity index (χ4v) is 10.9. The van der Waals surface area contributed by atoms with E-state index in [1.54, 1.807) is 0 Å². The molecule has 5 aliphatic carbocycles. The van der Waals surface area contributed by atoms with Gasteiger partial charge in [0.2, 0.25) is 5.70 Å². The van der Waals surface area contributed by atoms with Crippen LogP contribution in [-0.2, 0) is 4.79 Å². The van der Waals surface area contributed by atoms with E-state index in [9.17, 15) is 10.1 Å². The standard InChI is InChI=1S/C31H42N2O/c1-19(2)20-11-14-31(18-32)16-15-29(6)21(25(20)31)9-10-24-28(5)17-22(33-8)26(34)27(3,4)23(28)12-13-30(24,29)7/h17,20-21,23-25H,1,9-16H2,2-7H3/t20-,21+,23-,24+,25+,28-,29+,30+,31+/m0/s1. The number of hydrogen-bond acceptors (Lipinski definition) is 2. The fraction of sp³-hybridized carbons (Fsp3) is 0.774. The zero-order valence-electron chi connectivity index (χ0n) is 22.1. The van der Waals surface area contributed by atoms with Gasteiger partial charge in [0.05, 0.1) is 18.1 Å². The van der Waals surface area contributed by atoms with Crippen molar-refractivity contribution < 1.29 is 4.79 Å². The third kappa shape index (κ3) is 2.60. The summed E-state index contributed by atoms with van der Waals surface area (Å²) in [6.45, 7) is 26.0. The van der Waals surface area contributed by atoms with Crippen LogP contribution in [0.5, 0.6) is 0 Å². The monoisotopic (exact) mass is 458 g/mol.